The van der Waals surface area contributed by atoms with E-state index in [1.165, 1.54) is 65.9 Å². The van der Waals surface area contributed by atoms with Gasteiger partial charge in [-0.05, 0) is 120 Å². The van der Waals surface area contributed by atoms with Crippen LogP contribution in [0.1, 0.15) is 33.8 Å². The van der Waals surface area contributed by atoms with Gasteiger partial charge in [0.25, 0.3) is 0 Å². The summed E-state index contributed by atoms with van der Waals surface area (Å²) in [6.07, 6.45) is 0. The molecule has 0 atom stereocenters. The first-order valence-corrected chi connectivity index (χ1v) is 17.3. The molecule has 242 valence electrons. The van der Waals surface area contributed by atoms with Crippen molar-refractivity contribution >= 4 is 43.6 Å². The van der Waals surface area contributed by atoms with Gasteiger partial charge in [-0.25, -0.2) is 9.97 Å². The quantitative estimate of drug-likeness (QED) is 0.191. The van der Waals surface area contributed by atoms with Gasteiger partial charge in [0.15, 0.2) is 0 Å². The summed E-state index contributed by atoms with van der Waals surface area (Å²) in [5.41, 5.74) is 17.3. The zero-order valence-electron chi connectivity index (χ0n) is 29.3. The zero-order chi connectivity index (χ0) is 34.3. The summed E-state index contributed by atoms with van der Waals surface area (Å²) in [6, 6.07) is 45.0. The highest BCUT2D eigenvalue weighted by atomic mass is 15.0. The highest BCUT2D eigenvalue weighted by molar-refractivity contribution is 6.11. The molecule has 3 aromatic heterocycles. The topological polar surface area (TPSA) is 35.6 Å². The van der Waals surface area contributed by atoms with Crippen molar-refractivity contribution in [1.82, 2.24) is 19.1 Å². The third-order valence-electron chi connectivity index (χ3n) is 10.1. The Bertz CT molecular complexity index is 2690. The number of hydrogen-bond acceptors (Lipinski definition) is 2. The van der Waals surface area contributed by atoms with Crippen LogP contribution in [0.5, 0.6) is 0 Å². The van der Waals surface area contributed by atoms with Crippen molar-refractivity contribution in [2.24, 2.45) is 0 Å². The fourth-order valence-corrected chi connectivity index (χ4v) is 7.89. The number of benzene rings is 6. The second kappa shape index (κ2) is 11.3. The van der Waals surface area contributed by atoms with E-state index < -0.39 is 0 Å². The lowest BCUT2D eigenvalue weighted by atomic mass is 9.97. The Morgan fingerprint density at radius 1 is 0.400 bits per heavy atom. The van der Waals surface area contributed by atoms with E-state index >= 15 is 0 Å². The SMILES string of the molecule is Cc1ccc2c(c1)c1cc(C)ccc1n2-c1ccccc1-c1ccc(-n2c3ccc(C)cc3c3cc(C)ccc32)c(-c2cc(C)nc(C)n2)c1. The van der Waals surface area contributed by atoms with Crippen LogP contribution in [0.2, 0.25) is 0 Å². The van der Waals surface area contributed by atoms with Gasteiger partial charge in [0.05, 0.1) is 39.1 Å². The maximum Gasteiger partial charge on any atom is 0.126 e. The maximum atomic E-state index is 5.04. The Balaban J connectivity index is 1.34. The van der Waals surface area contributed by atoms with Crippen LogP contribution >= 0.6 is 0 Å². The van der Waals surface area contributed by atoms with Crippen molar-refractivity contribution < 1.29 is 0 Å². The van der Waals surface area contributed by atoms with Gasteiger partial charge in [0.2, 0.25) is 0 Å². The van der Waals surface area contributed by atoms with Gasteiger partial charge >= 0.3 is 0 Å². The fraction of sp³-hybridized carbons (Fsp3) is 0.130. The minimum Gasteiger partial charge on any atom is -0.309 e. The average molecular weight is 647 g/mol. The molecule has 4 heteroatoms. The van der Waals surface area contributed by atoms with E-state index in [1.807, 2.05) is 6.92 Å². The van der Waals surface area contributed by atoms with Crippen molar-refractivity contribution in [2.75, 3.05) is 0 Å². The third-order valence-corrected chi connectivity index (χ3v) is 10.1. The van der Waals surface area contributed by atoms with Crippen molar-refractivity contribution in [3.8, 4) is 33.8 Å². The predicted octanol–water partition coefficient (Wildman–Crippen LogP) is 11.9. The number of aryl methyl sites for hydroxylation is 6. The molecule has 0 spiro atoms. The number of rotatable bonds is 4. The molecule has 3 heterocycles. The first-order chi connectivity index (χ1) is 24.2. The predicted molar refractivity (Wildman–Crippen MR) is 210 cm³/mol. The van der Waals surface area contributed by atoms with Crippen LogP contribution in [0, 0.1) is 41.5 Å². The van der Waals surface area contributed by atoms with Crippen LogP contribution in [0.15, 0.2) is 121 Å². The Hall–Kier alpha value is -6.00. The van der Waals surface area contributed by atoms with Crippen molar-refractivity contribution in [2.45, 2.75) is 41.5 Å². The molecule has 0 radical (unpaired) electrons. The van der Waals surface area contributed by atoms with E-state index in [-0.39, 0.29) is 0 Å². The first kappa shape index (κ1) is 30.1. The van der Waals surface area contributed by atoms with Gasteiger partial charge in [0.1, 0.15) is 5.82 Å². The second-order valence-corrected chi connectivity index (χ2v) is 13.9. The summed E-state index contributed by atoms with van der Waals surface area (Å²) in [4.78, 5) is 9.69. The van der Waals surface area contributed by atoms with E-state index in [9.17, 15) is 0 Å². The molecule has 0 saturated carbocycles. The molecule has 4 nitrogen and oxygen atoms in total. The van der Waals surface area contributed by atoms with E-state index in [1.54, 1.807) is 0 Å². The monoisotopic (exact) mass is 646 g/mol. The average Bonchev–Trinajstić information content (AvgIpc) is 3.58. The van der Waals surface area contributed by atoms with Crippen LogP contribution in [0.3, 0.4) is 0 Å². The summed E-state index contributed by atoms with van der Waals surface area (Å²) in [5.74, 6) is 0.765. The Morgan fingerprint density at radius 2 is 0.860 bits per heavy atom. The second-order valence-electron chi connectivity index (χ2n) is 13.9. The Kier molecular flexibility index (Phi) is 6.79. The zero-order valence-corrected chi connectivity index (χ0v) is 29.3. The highest BCUT2D eigenvalue weighted by Crippen LogP contribution is 2.41. The molecule has 6 aromatic carbocycles. The van der Waals surface area contributed by atoms with Gasteiger partial charge in [0, 0.05) is 38.4 Å². The van der Waals surface area contributed by atoms with Gasteiger partial charge in [-0.1, -0.05) is 70.8 Å². The largest absolute Gasteiger partial charge is 0.309 e. The lowest BCUT2D eigenvalue weighted by Gasteiger charge is -2.18. The van der Waals surface area contributed by atoms with E-state index in [4.69, 9.17) is 4.98 Å². The van der Waals surface area contributed by atoms with Crippen LogP contribution in [0.4, 0.5) is 0 Å². The molecule has 0 aliphatic heterocycles. The molecule has 9 aromatic rings. The number of hydrogen-bond donors (Lipinski definition) is 0. The molecular formula is C46H38N4. The fourth-order valence-electron chi connectivity index (χ4n) is 7.89. The highest BCUT2D eigenvalue weighted by Gasteiger charge is 2.20. The minimum absolute atomic E-state index is 0.765. The van der Waals surface area contributed by atoms with Crippen LogP contribution in [-0.2, 0) is 0 Å². The van der Waals surface area contributed by atoms with Crippen LogP contribution < -0.4 is 0 Å². The summed E-state index contributed by atoms with van der Waals surface area (Å²) >= 11 is 0. The molecular weight excluding hydrogens is 609 g/mol. The molecule has 0 N–H and O–H groups in total. The van der Waals surface area contributed by atoms with Gasteiger partial charge in [-0.3, -0.25) is 0 Å². The Labute approximate surface area is 292 Å². The molecule has 0 fully saturated rings. The van der Waals surface area contributed by atoms with E-state index in [0.29, 0.717) is 0 Å². The summed E-state index contributed by atoms with van der Waals surface area (Å²) < 4.78 is 4.85. The van der Waals surface area contributed by atoms with Crippen LogP contribution in [0.25, 0.3) is 77.4 Å². The molecule has 0 bridgehead atoms. The van der Waals surface area contributed by atoms with Crippen molar-refractivity contribution in [1.29, 1.82) is 0 Å². The van der Waals surface area contributed by atoms with Crippen LogP contribution in [-0.4, -0.2) is 19.1 Å². The third kappa shape index (κ3) is 4.74. The molecule has 0 amide bonds. The normalized spacial score (nSPS) is 11.8. The number of nitrogens with zero attached hydrogens (tertiary/aromatic N) is 4. The molecule has 0 saturated heterocycles. The van der Waals surface area contributed by atoms with Gasteiger partial charge in [-0.15, -0.1) is 0 Å². The van der Waals surface area contributed by atoms with E-state index in [2.05, 4.69) is 170 Å². The summed E-state index contributed by atoms with van der Waals surface area (Å²) in [5, 5.41) is 5.07. The molecule has 9 rings (SSSR count). The smallest absolute Gasteiger partial charge is 0.126 e. The molecule has 0 unspecified atom stereocenters. The molecule has 0 aliphatic rings. The number of para-hydroxylation sites is 1. The van der Waals surface area contributed by atoms with E-state index in [0.717, 1.165) is 45.3 Å². The standard InChI is InChI=1S/C46H38N4/c1-27-11-16-42-35(21-27)36-22-28(2)12-17-43(36)49(42)41-10-8-7-9-34(41)33-15-20-46(39(26-33)40-25-31(5)47-32(6)48-40)50-44-18-13-29(3)23-37(44)38-24-30(4)14-19-45(38)50/h7-26H,1-6H3. The number of fused-ring (bicyclic) bond motifs is 6. The van der Waals surface area contributed by atoms with Crippen molar-refractivity contribution in [3.63, 3.8) is 0 Å². The lowest BCUT2D eigenvalue weighted by Crippen LogP contribution is -2.02. The van der Waals surface area contributed by atoms with Crippen molar-refractivity contribution in [3.05, 3.63) is 155 Å². The Morgan fingerprint density at radius 3 is 1.34 bits per heavy atom. The lowest BCUT2D eigenvalue weighted by molar-refractivity contribution is 1.01. The number of aromatic nitrogens is 4. The molecule has 0 aliphatic carbocycles. The first-order valence-electron chi connectivity index (χ1n) is 17.3. The van der Waals surface area contributed by atoms with Gasteiger partial charge in [-0.2, -0.15) is 0 Å². The minimum atomic E-state index is 0.765. The molecule has 50 heavy (non-hydrogen) atoms. The summed E-state index contributed by atoms with van der Waals surface area (Å²) in [6.45, 7) is 12.7. The van der Waals surface area contributed by atoms with Gasteiger partial charge < -0.3 is 9.13 Å². The summed E-state index contributed by atoms with van der Waals surface area (Å²) in [7, 11) is 0. The maximum absolute atomic E-state index is 5.04.